The van der Waals surface area contributed by atoms with Gasteiger partial charge in [0.2, 0.25) is 11.8 Å². The number of carbonyl (C=O) groups excluding carboxylic acids is 3. The van der Waals surface area contributed by atoms with Crippen LogP contribution in [0, 0.1) is 5.92 Å². The van der Waals surface area contributed by atoms with E-state index in [9.17, 15) is 14.4 Å². The number of aryl methyl sites for hydroxylation is 1. The van der Waals surface area contributed by atoms with Gasteiger partial charge in [0, 0.05) is 49.2 Å². The van der Waals surface area contributed by atoms with Crippen molar-refractivity contribution in [3.8, 4) is 11.4 Å². The quantitative estimate of drug-likeness (QED) is 0.385. The Morgan fingerprint density at radius 1 is 1.00 bits per heavy atom. The summed E-state index contributed by atoms with van der Waals surface area (Å²) in [5.74, 6) is 0.805. The normalized spacial score (nSPS) is 18.8. The molecule has 0 unspecified atom stereocenters. The molecule has 220 valence electrons. The molecule has 0 fully saturated rings. The Labute approximate surface area is 246 Å². The van der Waals surface area contributed by atoms with E-state index in [1.165, 1.54) is 0 Å². The van der Waals surface area contributed by atoms with Crippen LogP contribution in [-0.2, 0) is 23.2 Å². The lowest BCUT2D eigenvalue weighted by molar-refractivity contribution is -0.129. The molecule has 0 saturated carbocycles. The summed E-state index contributed by atoms with van der Waals surface area (Å²) < 4.78 is 3.75. The number of fused-ring (bicyclic) bond motifs is 2. The second-order valence-electron chi connectivity index (χ2n) is 11.4. The zero-order valence-corrected chi connectivity index (χ0v) is 24.7. The van der Waals surface area contributed by atoms with Gasteiger partial charge in [-0.3, -0.25) is 14.4 Å². The second-order valence-corrected chi connectivity index (χ2v) is 11.4. The third-order valence-electron chi connectivity index (χ3n) is 7.67. The molecule has 42 heavy (non-hydrogen) atoms. The van der Waals surface area contributed by atoms with E-state index in [1.807, 2.05) is 93.2 Å². The highest BCUT2D eigenvalue weighted by Crippen LogP contribution is 2.23. The molecular formula is C32H39N7O3. The number of hydrogen-bond donors (Lipinski definition) is 2. The summed E-state index contributed by atoms with van der Waals surface area (Å²) in [4.78, 5) is 46.9. The highest BCUT2D eigenvalue weighted by atomic mass is 16.2. The number of nitrogens with zero attached hydrogens (tertiary/aromatic N) is 5. The van der Waals surface area contributed by atoms with Gasteiger partial charge in [0.15, 0.2) is 5.82 Å². The van der Waals surface area contributed by atoms with E-state index < -0.39 is 12.1 Å². The minimum atomic E-state index is -0.665. The van der Waals surface area contributed by atoms with Crippen molar-refractivity contribution in [2.24, 2.45) is 13.0 Å². The van der Waals surface area contributed by atoms with Crippen LogP contribution in [0.3, 0.4) is 0 Å². The van der Waals surface area contributed by atoms with Crippen molar-refractivity contribution in [3.63, 3.8) is 0 Å². The van der Waals surface area contributed by atoms with Gasteiger partial charge in [0.25, 0.3) is 5.91 Å². The van der Waals surface area contributed by atoms with Crippen LogP contribution >= 0.6 is 0 Å². The van der Waals surface area contributed by atoms with E-state index in [1.54, 1.807) is 9.58 Å². The van der Waals surface area contributed by atoms with Crippen molar-refractivity contribution in [2.45, 2.75) is 58.7 Å². The van der Waals surface area contributed by atoms with E-state index in [0.29, 0.717) is 49.7 Å². The Balaban J connectivity index is 1.50. The van der Waals surface area contributed by atoms with Crippen LogP contribution < -0.4 is 10.6 Å². The third kappa shape index (κ3) is 6.37. The highest BCUT2D eigenvalue weighted by molar-refractivity contribution is 6.07. The first-order valence-corrected chi connectivity index (χ1v) is 14.6. The first kappa shape index (κ1) is 29.0. The van der Waals surface area contributed by atoms with Gasteiger partial charge in [-0.1, -0.05) is 62.4 Å². The van der Waals surface area contributed by atoms with E-state index in [2.05, 4.69) is 10.6 Å². The number of carbonyl (C=O) groups is 3. The smallest absolute Gasteiger partial charge is 0.256 e. The summed E-state index contributed by atoms with van der Waals surface area (Å²) in [6, 6.07) is 16.4. The maximum Gasteiger partial charge on any atom is 0.256 e. The first-order valence-electron chi connectivity index (χ1n) is 14.6. The fourth-order valence-electron chi connectivity index (χ4n) is 5.54. The molecular weight excluding hydrogens is 530 g/mol. The standard InChI is InChI=1S/C32H39N7O3/c1-21(2)19-26-31(41)33-22(3)30-35-29(23-11-6-5-7-12-23)36-39(30)18-17-38(16-10-15-28(40)34-26)32(42)25-20-37(4)27-14-9-8-13-24(25)27/h5-9,11-14,20-22,26H,10,15-19H2,1-4H3,(H,33,41)(H,34,40)/t22-,26-/m1/s1. The molecule has 3 heterocycles. The minimum Gasteiger partial charge on any atom is -0.350 e. The Morgan fingerprint density at radius 2 is 1.74 bits per heavy atom. The molecule has 0 saturated heterocycles. The number of amides is 3. The average Bonchev–Trinajstić information content (AvgIpc) is 3.55. The van der Waals surface area contributed by atoms with Crippen LogP contribution in [0.2, 0.25) is 0 Å². The fourth-order valence-corrected chi connectivity index (χ4v) is 5.54. The van der Waals surface area contributed by atoms with Gasteiger partial charge in [-0.05, 0) is 31.7 Å². The Kier molecular flexibility index (Phi) is 8.70. The molecule has 0 radical (unpaired) electrons. The first-order chi connectivity index (χ1) is 20.2. The number of nitrogens with one attached hydrogen (secondary N) is 2. The van der Waals surface area contributed by atoms with Gasteiger partial charge in [-0.15, -0.1) is 0 Å². The van der Waals surface area contributed by atoms with Gasteiger partial charge in [0.05, 0.1) is 18.2 Å². The maximum atomic E-state index is 14.0. The van der Waals surface area contributed by atoms with Gasteiger partial charge in [-0.2, -0.15) is 5.10 Å². The van der Waals surface area contributed by atoms with Crippen LogP contribution in [0.25, 0.3) is 22.3 Å². The third-order valence-corrected chi connectivity index (χ3v) is 7.67. The van der Waals surface area contributed by atoms with Crippen molar-refractivity contribution < 1.29 is 14.4 Å². The van der Waals surface area contributed by atoms with Gasteiger partial charge in [-0.25, -0.2) is 9.67 Å². The van der Waals surface area contributed by atoms with Crippen LogP contribution in [0.1, 0.15) is 62.3 Å². The number of hydrogen-bond acceptors (Lipinski definition) is 5. The molecule has 10 heteroatoms. The zero-order valence-electron chi connectivity index (χ0n) is 24.7. The summed E-state index contributed by atoms with van der Waals surface area (Å²) in [6.07, 6.45) is 3.06. The van der Waals surface area contributed by atoms with E-state index >= 15 is 0 Å². The van der Waals surface area contributed by atoms with Gasteiger partial charge in [0.1, 0.15) is 11.9 Å². The van der Waals surface area contributed by atoms with Crippen molar-refractivity contribution in [3.05, 3.63) is 72.2 Å². The summed E-state index contributed by atoms with van der Waals surface area (Å²) >= 11 is 0. The van der Waals surface area contributed by atoms with Crippen LogP contribution in [0.5, 0.6) is 0 Å². The Hall–Kier alpha value is -4.47. The predicted molar refractivity (Wildman–Crippen MR) is 161 cm³/mol. The van der Waals surface area contributed by atoms with Gasteiger partial charge < -0.3 is 20.1 Å². The topological polar surface area (TPSA) is 114 Å². The lowest BCUT2D eigenvalue weighted by Crippen LogP contribution is -2.48. The lowest BCUT2D eigenvalue weighted by atomic mass is 10.0. The lowest BCUT2D eigenvalue weighted by Gasteiger charge is -2.26. The van der Waals surface area contributed by atoms with Crippen LogP contribution in [0.4, 0.5) is 0 Å². The SMILES string of the molecule is CC(C)C[C@H]1NC(=O)CCCN(C(=O)c2cn(C)c3ccccc23)CCn2nc(-c3ccccc3)nc2[C@@H](C)NC1=O. The predicted octanol–water partition coefficient (Wildman–Crippen LogP) is 4.08. The van der Waals surface area contributed by atoms with Crippen molar-refractivity contribution in [1.29, 1.82) is 0 Å². The second kappa shape index (κ2) is 12.6. The van der Waals surface area contributed by atoms with Crippen molar-refractivity contribution in [1.82, 2.24) is 34.9 Å². The molecule has 5 rings (SSSR count). The molecule has 2 aromatic carbocycles. The molecule has 4 aromatic rings. The van der Waals surface area contributed by atoms with Crippen LogP contribution in [-0.4, -0.2) is 61.1 Å². The molecule has 0 aliphatic carbocycles. The number of para-hydroxylation sites is 1. The van der Waals surface area contributed by atoms with E-state index in [0.717, 1.165) is 16.5 Å². The minimum absolute atomic E-state index is 0.0942. The Bertz CT molecular complexity index is 1570. The summed E-state index contributed by atoms with van der Waals surface area (Å²) in [6.45, 7) is 7.05. The van der Waals surface area contributed by atoms with Gasteiger partial charge >= 0.3 is 0 Å². The largest absolute Gasteiger partial charge is 0.350 e. The fraction of sp³-hybridized carbons (Fsp3) is 0.406. The molecule has 0 spiro atoms. The maximum absolute atomic E-state index is 14.0. The van der Waals surface area contributed by atoms with Crippen LogP contribution in [0.15, 0.2) is 60.8 Å². The van der Waals surface area contributed by atoms with Crippen molar-refractivity contribution >= 4 is 28.6 Å². The average molecular weight is 570 g/mol. The van der Waals surface area contributed by atoms with Crippen molar-refractivity contribution in [2.75, 3.05) is 13.1 Å². The zero-order chi connectivity index (χ0) is 29.8. The molecule has 2 atom stereocenters. The molecule has 10 nitrogen and oxygen atoms in total. The highest BCUT2D eigenvalue weighted by Gasteiger charge is 2.28. The molecule has 1 aliphatic rings. The monoisotopic (exact) mass is 569 g/mol. The molecule has 0 bridgehead atoms. The number of aromatic nitrogens is 4. The van der Waals surface area contributed by atoms with E-state index in [4.69, 9.17) is 10.1 Å². The Morgan fingerprint density at radius 3 is 2.50 bits per heavy atom. The summed E-state index contributed by atoms with van der Waals surface area (Å²) in [5.41, 5.74) is 2.47. The van der Waals surface area contributed by atoms with E-state index in [-0.39, 0.29) is 30.1 Å². The molecule has 3 amide bonds. The molecule has 2 N–H and O–H groups in total. The molecule has 2 aromatic heterocycles. The summed E-state index contributed by atoms with van der Waals surface area (Å²) in [5, 5.41) is 11.7. The summed E-state index contributed by atoms with van der Waals surface area (Å²) in [7, 11) is 1.93. The number of rotatable bonds is 4. The molecule has 1 aliphatic heterocycles. The number of benzene rings is 2.